The highest BCUT2D eigenvalue weighted by molar-refractivity contribution is 6.30. The van der Waals surface area contributed by atoms with Gasteiger partial charge in [0.2, 0.25) is 0 Å². The highest BCUT2D eigenvalue weighted by Crippen LogP contribution is 2.24. The third-order valence-electron chi connectivity index (χ3n) is 4.44. The fourth-order valence-electron chi connectivity index (χ4n) is 2.98. The zero-order valence-corrected chi connectivity index (χ0v) is 14.9. The highest BCUT2D eigenvalue weighted by atomic mass is 16.4. The zero-order valence-electron chi connectivity index (χ0n) is 14.9. The van der Waals surface area contributed by atoms with Crippen molar-refractivity contribution in [2.75, 3.05) is 7.05 Å². The molecule has 1 fully saturated rings. The summed E-state index contributed by atoms with van der Waals surface area (Å²) in [5, 5.41) is 13.0. The Kier molecular flexibility index (Phi) is 4.40. The van der Waals surface area contributed by atoms with Crippen molar-refractivity contribution in [1.82, 2.24) is 14.8 Å². The topological polar surface area (TPSA) is 112 Å². The van der Waals surface area contributed by atoms with Crippen molar-refractivity contribution in [1.29, 1.82) is 0 Å². The zero-order chi connectivity index (χ0) is 19.9. The average molecular weight is 366 g/mol. The van der Waals surface area contributed by atoms with Gasteiger partial charge in [-0.25, -0.2) is 4.79 Å². The fourth-order valence-corrected chi connectivity index (χ4v) is 2.98. The molecule has 8 nitrogen and oxygen atoms in total. The van der Waals surface area contributed by atoms with E-state index < -0.39 is 23.8 Å². The van der Waals surface area contributed by atoms with E-state index in [0.717, 1.165) is 22.0 Å². The van der Waals surface area contributed by atoms with Crippen LogP contribution in [0.5, 0.6) is 0 Å². The van der Waals surface area contributed by atoms with Crippen LogP contribution >= 0.6 is 0 Å². The van der Waals surface area contributed by atoms with Crippen LogP contribution in [-0.4, -0.2) is 40.3 Å². The molecule has 1 N–H and O–H groups in total. The lowest BCUT2D eigenvalue weighted by molar-refractivity contribution is -0.255. The maximum atomic E-state index is 12.2. The maximum absolute atomic E-state index is 12.2. The first-order valence-corrected chi connectivity index (χ1v) is 8.06. The van der Waals surface area contributed by atoms with Gasteiger partial charge in [0, 0.05) is 24.1 Å². The van der Waals surface area contributed by atoms with E-state index >= 15 is 0 Å². The van der Waals surface area contributed by atoms with Crippen molar-refractivity contribution in [2.45, 2.75) is 13.8 Å². The Morgan fingerprint density at radius 1 is 1.11 bits per heavy atom. The summed E-state index contributed by atoms with van der Waals surface area (Å²) < 4.78 is 1.87. The van der Waals surface area contributed by atoms with Crippen molar-refractivity contribution in [2.24, 2.45) is 0 Å². The molecule has 2 aromatic rings. The number of aromatic nitrogens is 1. The number of carbonyl (C=O) groups is 4. The Labute approximate surface area is 154 Å². The summed E-state index contributed by atoms with van der Waals surface area (Å²) >= 11 is 0. The lowest BCUT2D eigenvalue weighted by Gasteiger charge is -2.22. The third kappa shape index (κ3) is 3.12. The molecular weight excluding hydrogens is 350 g/mol. The molecule has 1 aliphatic heterocycles. The second-order valence-corrected chi connectivity index (χ2v) is 6.18. The van der Waals surface area contributed by atoms with Gasteiger partial charge in [0.05, 0.1) is 5.97 Å². The number of imide groups is 2. The van der Waals surface area contributed by atoms with Crippen molar-refractivity contribution in [3.63, 3.8) is 0 Å². The quantitative estimate of drug-likeness (QED) is 0.630. The van der Waals surface area contributed by atoms with E-state index in [4.69, 9.17) is 0 Å². The fraction of sp³-hybridized carbons (Fsp3) is 0.158. The van der Waals surface area contributed by atoms with E-state index in [1.807, 2.05) is 18.4 Å². The SMILES string of the molecule is Cc1cc(/C=C2\C(=O)NC(=O)N(C)C2=O)c(C)n1-c1ccc(C(=O)[O-])cc1. The Bertz CT molecular complexity index is 1010. The molecular formula is C19H16N3O5-. The van der Waals surface area contributed by atoms with Gasteiger partial charge in [0.15, 0.2) is 0 Å². The summed E-state index contributed by atoms with van der Waals surface area (Å²) in [5.41, 5.74) is 2.88. The van der Waals surface area contributed by atoms with Gasteiger partial charge in [-0.2, -0.15) is 0 Å². The number of amides is 4. The van der Waals surface area contributed by atoms with E-state index in [-0.39, 0.29) is 11.1 Å². The van der Waals surface area contributed by atoms with E-state index in [2.05, 4.69) is 5.32 Å². The van der Waals surface area contributed by atoms with Gasteiger partial charge in [-0.05, 0) is 49.2 Å². The highest BCUT2D eigenvalue weighted by Gasteiger charge is 2.33. The van der Waals surface area contributed by atoms with E-state index in [9.17, 15) is 24.3 Å². The Hall–Kier alpha value is -3.68. The van der Waals surface area contributed by atoms with Crippen LogP contribution in [0.3, 0.4) is 0 Å². The molecule has 1 saturated heterocycles. The summed E-state index contributed by atoms with van der Waals surface area (Å²) in [6.07, 6.45) is 1.44. The van der Waals surface area contributed by atoms with Crippen LogP contribution in [0.1, 0.15) is 27.3 Å². The molecule has 3 rings (SSSR count). The summed E-state index contributed by atoms with van der Waals surface area (Å²) in [4.78, 5) is 47.5. The second-order valence-electron chi connectivity index (χ2n) is 6.18. The predicted molar refractivity (Wildman–Crippen MR) is 93.9 cm³/mol. The van der Waals surface area contributed by atoms with Crippen LogP contribution in [0.4, 0.5) is 4.79 Å². The summed E-state index contributed by atoms with van der Waals surface area (Å²) in [7, 11) is 1.29. The molecule has 2 heterocycles. The summed E-state index contributed by atoms with van der Waals surface area (Å²) in [6.45, 7) is 3.66. The van der Waals surface area contributed by atoms with Gasteiger partial charge in [-0.15, -0.1) is 0 Å². The maximum Gasteiger partial charge on any atom is 0.331 e. The summed E-state index contributed by atoms with van der Waals surface area (Å²) in [6, 6.07) is 7.22. The number of urea groups is 1. The number of nitrogens with zero attached hydrogens (tertiary/aromatic N) is 2. The predicted octanol–water partition coefficient (Wildman–Crippen LogP) is 0.549. The number of hydrogen-bond donors (Lipinski definition) is 1. The number of nitrogens with one attached hydrogen (secondary N) is 1. The van der Waals surface area contributed by atoms with Gasteiger partial charge < -0.3 is 14.5 Å². The molecule has 0 atom stereocenters. The standard InChI is InChI=1S/C19H17N3O5/c1-10-8-13(9-15-16(23)20-19(27)21(3)17(15)24)11(2)22(10)14-6-4-12(5-7-14)18(25)26/h4-9H,1-3H3,(H,25,26)(H,20,23,27)/p-1/b15-9+. The minimum Gasteiger partial charge on any atom is -0.545 e. The van der Waals surface area contributed by atoms with Crippen LogP contribution in [-0.2, 0) is 9.59 Å². The van der Waals surface area contributed by atoms with Gasteiger partial charge in [0.1, 0.15) is 5.57 Å². The average Bonchev–Trinajstić information content (AvgIpc) is 2.90. The molecule has 0 bridgehead atoms. The first kappa shape index (κ1) is 18.1. The van der Waals surface area contributed by atoms with Gasteiger partial charge >= 0.3 is 6.03 Å². The Balaban J connectivity index is 2.03. The number of rotatable bonds is 3. The molecule has 138 valence electrons. The monoisotopic (exact) mass is 366 g/mol. The number of barbiturate groups is 1. The third-order valence-corrected chi connectivity index (χ3v) is 4.44. The number of hydrogen-bond acceptors (Lipinski definition) is 5. The van der Waals surface area contributed by atoms with Crippen LogP contribution in [0, 0.1) is 13.8 Å². The summed E-state index contributed by atoms with van der Waals surface area (Å²) in [5.74, 6) is -2.67. The minimum atomic E-state index is -1.26. The Morgan fingerprint density at radius 2 is 1.74 bits per heavy atom. The van der Waals surface area contributed by atoms with Crippen LogP contribution in [0.2, 0.25) is 0 Å². The smallest absolute Gasteiger partial charge is 0.331 e. The van der Waals surface area contributed by atoms with E-state index in [1.54, 1.807) is 18.2 Å². The molecule has 0 unspecified atom stereocenters. The number of aromatic carboxylic acids is 1. The molecule has 0 spiro atoms. The Morgan fingerprint density at radius 3 is 2.33 bits per heavy atom. The number of benzene rings is 1. The molecule has 1 aromatic heterocycles. The number of carboxylic acids is 1. The van der Waals surface area contributed by atoms with Crippen LogP contribution in [0.25, 0.3) is 11.8 Å². The van der Waals surface area contributed by atoms with E-state index in [0.29, 0.717) is 5.56 Å². The molecule has 27 heavy (non-hydrogen) atoms. The van der Waals surface area contributed by atoms with Gasteiger partial charge in [0.25, 0.3) is 11.8 Å². The molecule has 0 saturated carbocycles. The van der Waals surface area contributed by atoms with E-state index in [1.165, 1.54) is 25.3 Å². The van der Waals surface area contributed by atoms with Gasteiger partial charge in [-0.1, -0.05) is 12.1 Å². The molecule has 0 radical (unpaired) electrons. The number of carboxylic acid groups (broad SMARTS) is 1. The van der Waals surface area contributed by atoms with Crippen LogP contribution < -0.4 is 10.4 Å². The molecule has 0 aliphatic carbocycles. The number of aryl methyl sites for hydroxylation is 1. The molecule has 8 heteroatoms. The van der Waals surface area contributed by atoms with Crippen molar-refractivity contribution >= 4 is 29.9 Å². The van der Waals surface area contributed by atoms with Gasteiger partial charge in [-0.3, -0.25) is 19.8 Å². The van der Waals surface area contributed by atoms with Crippen molar-refractivity contribution in [3.8, 4) is 5.69 Å². The number of likely N-dealkylation sites (N-methyl/N-ethyl adjacent to an activating group) is 1. The minimum absolute atomic E-state index is 0.0701. The molecule has 1 aromatic carbocycles. The first-order chi connectivity index (χ1) is 12.7. The van der Waals surface area contributed by atoms with Crippen molar-refractivity contribution < 1.29 is 24.3 Å². The van der Waals surface area contributed by atoms with Crippen molar-refractivity contribution in [3.05, 3.63) is 58.4 Å². The first-order valence-electron chi connectivity index (χ1n) is 8.06. The second kappa shape index (κ2) is 6.56. The van der Waals surface area contributed by atoms with Crippen LogP contribution in [0.15, 0.2) is 35.9 Å². The lowest BCUT2D eigenvalue weighted by Crippen LogP contribution is -2.52. The number of carbonyl (C=O) groups excluding carboxylic acids is 4. The molecule has 1 aliphatic rings. The largest absolute Gasteiger partial charge is 0.545 e. The lowest BCUT2D eigenvalue weighted by atomic mass is 10.1. The molecule has 4 amide bonds. The normalized spacial score (nSPS) is 16.0.